The average Bonchev–Trinajstić information content (AvgIpc) is 3.06. The molecule has 2 N–H and O–H groups in total. The fourth-order valence-electron chi connectivity index (χ4n) is 2.72. The lowest BCUT2D eigenvalue weighted by Crippen LogP contribution is -2.26. The number of rotatable bonds is 6. The number of nitrogens with zero attached hydrogens (tertiary/aromatic N) is 2. The van der Waals surface area contributed by atoms with Gasteiger partial charge in [0.05, 0.1) is 12.1 Å². The van der Waals surface area contributed by atoms with Gasteiger partial charge in [-0.3, -0.25) is 14.8 Å². The number of ether oxygens (including phenoxy) is 1. The van der Waals surface area contributed by atoms with Crippen molar-refractivity contribution in [3.63, 3.8) is 0 Å². The first-order chi connectivity index (χ1) is 13.5. The molecule has 1 aromatic carbocycles. The monoisotopic (exact) mass is 400 g/mol. The van der Waals surface area contributed by atoms with Crippen molar-refractivity contribution in [3.8, 4) is 0 Å². The number of carbonyl (C=O) groups excluding carboxylic acids is 2. The molecule has 0 fully saturated rings. The first-order valence-corrected chi connectivity index (χ1v) is 9.93. The number of aromatic nitrogens is 2. The second kappa shape index (κ2) is 9.11. The molecule has 0 atom stereocenters. The van der Waals surface area contributed by atoms with Gasteiger partial charge in [0.25, 0.3) is 5.91 Å². The molecule has 0 bridgehead atoms. The Morgan fingerprint density at radius 2 is 1.69 bits per heavy atom. The van der Waals surface area contributed by atoms with E-state index in [-0.39, 0.29) is 23.3 Å². The SMILES string of the molecule is CC(C)COC(=O)Nc1cccc(NC(=O)c2cc(C(C)C)n(C(C)(C)C)n2)c1. The van der Waals surface area contributed by atoms with Gasteiger partial charge in [0.15, 0.2) is 5.69 Å². The molecule has 0 radical (unpaired) electrons. The Balaban J connectivity index is 2.12. The summed E-state index contributed by atoms with van der Waals surface area (Å²) in [5, 5.41) is 10.0. The summed E-state index contributed by atoms with van der Waals surface area (Å²) in [7, 11) is 0. The van der Waals surface area contributed by atoms with Gasteiger partial charge in [-0.15, -0.1) is 0 Å². The van der Waals surface area contributed by atoms with E-state index in [1.54, 1.807) is 24.3 Å². The van der Waals surface area contributed by atoms with Gasteiger partial charge in [-0.25, -0.2) is 4.79 Å². The first kappa shape index (κ1) is 22.5. The van der Waals surface area contributed by atoms with E-state index in [1.807, 2.05) is 24.6 Å². The molecule has 1 aromatic heterocycles. The van der Waals surface area contributed by atoms with E-state index in [9.17, 15) is 9.59 Å². The molecule has 29 heavy (non-hydrogen) atoms. The fraction of sp³-hybridized carbons (Fsp3) is 0.500. The molecular formula is C22H32N4O3. The van der Waals surface area contributed by atoms with Gasteiger partial charge in [-0.2, -0.15) is 5.10 Å². The lowest BCUT2D eigenvalue weighted by Gasteiger charge is -2.23. The second-order valence-corrected chi connectivity index (χ2v) is 8.84. The topological polar surface area (TPSA) is 85.3 Å². The van der Waals surface area contributed by atoms with Crippen molar-refractivity contribution in [2.45, 2.75) is 59.9 Å². The van der Waals surface area contributed by atoms with E-state index >= 15 is 0 Å². The third-order valence-corrected chi connectivity index (χ3v) is 4.11. The Bertz CT molecular complexity index is 863. The van der Waals surface area contributed by atoms with Crippen molar-refractivity contribution in [2.75, 3.05) is 17.2 Å². The predicted molar refractivity (Wildman–Crippen MR) is 116 cm³/mol. The van der Waals surface area contributed by atoms with Crippen LogP contribution in [-0.2, 0) is 10.3 Å². The van der Waals surface area contributed by atoms with Crippen molar-refractivity contribution in [1.29, 1.82) is 0 Å². The lowest BCUT2D eigenvalue weighted by molar-refractivity contribution is 0.102. The van der Waals surface area contributed by atoms with Gasteiger partial charge >= 0.3 is 6.09 Å². The normalized spacial score (nSPS) is 11.6. The van der Waals surface area contributed by atoms with Crippen molar-refractivity contribution < 1.29 is 14.3 Å². The number of benzene rings is 1. The quantitative estimate of drug-likeness (QED) is 0.696. The zero-order valence-electron chi connectivity index (χ0n) is 18.4. The van der Waals surface area contributed by atoms with Gasteiger partial charge < -0.3 is 10.1 Å². The van der Waals surface area contributed by atoms with Crippen LogP contribution in [0.15, 0.2) is 30.3 Å². The van der Waals surface area contributed by atoms with Crippen LogP contribution in [0.5, 0.6) is 0 Å². The maximum absolute atomic E-state index is 12.7. The van der Waals surface area contributed by atoms with Gasteiger partial charge in [-0.1, -0.05) is 33.8 Å². The molecule has 0 aliphatic rings. The van der Waals surface area contributed by atoms with Gasteiger partial charge in [0.1, 0.15) is 0 Å². The zero-order chi connectivity index (χ0) is 21.8. The second-order valence-electron chi connectivity index (χ2n) is 8.84. The van der Waals surface area contributed by atoms with Crippen LogP contribution in [0.3, 0.4) is 0 Å². The summed E-state index contributed by atoms with van der Waals surface area (Å²) in [5.41, 5.74) is 2.25. The summed E-state index contributed by atoms with van der Waals surface area (Å²) in [6.07, 6.45) is -0.521. The number of hydrogen-bond donors (Lipinski definition) is 2. The number of amides is 2. The van der Waals surface area contributed by atoms with Crippen molar-refractivity contribution in [1.82, 2.24) is 9.78 Å². The fourth-order valence-corrected chi connectivity index (χ4v) is 2.72. The van der Waals surface area contributed by atoms with Crippen LogP contribution < -0.4 is 10.6 Å². The smallest absolute Gasteiger partial charge is 0.411 e. The molecule has 7 nitrogen and oxygen atoms in total. The molecule has 2 aromatic rings. The molecule has 0 saturated heterocycles. The standard InChI is InChI=1S/C22H32N4O3/c1-14(2)13-29-21(28)24-17-10-8-9-16(11-17)23-20(27)18-12-19(15(3)4)26(25-18)22(5,6)7/h8-12,14-15H,13H2,1-7H3,(H,23,27)(H,24,28). The van der Waals surface area contributed by atoms with Gasteiger partial charge in [0, 0.05) is 17.1 Å². The summed E-state index contributed by atoms with van der Waals surface area (Å²) in [6.45, 7) is 14.6. The Kier molecular flexibility index (Phi) is 7.06. The van der Waals surface area contributed by atoms with Crippen LogP contribution in [0, 0.1) is 5.92 Å². The highest BCUT2D eigenvalue weighted by Crippen LogP contribution is 2.24. The molecule has 2 rings (SSSR count). The van der Waals surface area contributed by atoms with Gasteiger partial charge in [-0.05, 0) is 56.9 Å². The van der Waals surface area contributed by atoms with E-state index < -0.39 is 6.09 Å². The molecule has 0 aliphatic heterocycles. The number of anilines is 2. The van der Waals surface area contributed by atoms with Gasteiger partial charge in [0.2, 0.25) is 0 Å². The van der Waals surface area contributed by atoms with E-state index in [0.29, 0.717) is 23.7 Å². The molecule has 0 aliphatic carbocycles. The number of hydrogen-bond acceptors (Lipinski definition) is 4. The number of nitrogens with one attached hydrogen (secondary N) is 2. The van der Waals surface area contributed by atoms with Crippen molar-refractivity contribution >= 4 is 23.4 Å². The van der Waals surface area contributed by atoms with Crippen molar-refractivity contribution in [3.05, 3.63) is 41.7 Å². The lowest BCUT2D eigenvalue weighted by atomic mass is 10.1. The third-order valence-electron chi connectivity index (χ3n) is 4.11. The third kappa shape index (κ3) is 6.34. The Morgan fingerprint density at radius 3 is 2.21 bits per heavy atom. The summed E-state index contributed by atoms with van der Waals surface area (Å²) in [4.78, 5) is 24.6. The van der Waals surface area contributed by atoms with Crippen LogP contribution in [0.1, 0.15) is 70.6 Å². The molecule has 7 heteroatoms. The van der Waals surface area contributed by atoms with Crippen LogP contribution in [0.25, 0.3) is 0 Å². The average molecular weight is 401 g/mol. The zero-order valence-corrected chi connectivity index (χ0v) is 18.4. The molecule has 1 heterocycles. The molecule has 0 unspecified atom stereocenters. The largest absolute Gasteiger partial charge is 0.449 e. The Labute approximate surface area is 172 Å². The minimum atomic E-state index is -0.521. The summed E-state index contributed by atoms with van der Waals surface area (Å²) in [5.74, 6) is 0.206. The first-order valence-electron chi connectivity index (χ1n) is 9.93. The van der Waals surface area contributed by atoms with Crippen LogP contribution in [-0.4, -0.2) is 28.4 Å². The van der Waals surface area contributed by atoms with Crippen LogP contribution in [0.2, 0.25) is 0 Å². The molecule has 2 amide bonds. The Hall–Kier alpha value is -2.83. The highest BCUT2D eigenvalue weighted by atomic mass is 16.5. The molecular weight excluding hydrogens is 368 g/mol. The van der Waals surface area contributed by atoms with E-state index in [1.165, 1.54) is 0 Å². The highest BCUT2D eigenvalue weighted by Gasteiger charge is 2.23. The predicted octanol–water partition coefficient (Wildman–Crippen LogP) is 5.22. The van der Waals surface area contributed by atoms with Crippen molar-refractivity contribution in [2.24, 2.45) is 5.92 Å². The summed E-state index contributed by atoms with van der Waals surface area (Å²) in [6, 6.07) is 8.75. The Morgan fingerprint density at radius 1 is 1.07 bits per heavy atom. The van der Waals surface area contributed by atoms with Crippen LogP contribution >= 0.6 is 0 Å². The van der Waals surface area contributed by atoms with E-state index in [2.05, 4.69) is 50.4 Å². The maximum atomic E-state index is 12.7. The number of carbonyl (C=O) groups is 2. The highest BCUT2D eigenvalue weighted by molar-refractivity contribution is 6.03. The minimum absolute atomic E-state index is 0.224. The minimum Gasteiger partial charge on any atom is -0.449 e. The van der Waals surface area contributed by atoms with E-state index in [4.69, 9.17) is 4.74 Å². The molecule has 0 spiro atoms. The summed E-state index contributed by atoms with van der Waals surface area (Å²) >= 11 is 0. The molecule has 0 saturated carbocycles. The van der Waals surface area contributed by atoms with E-state index in [0.717, 1.165) is 5.69 Å². The maximum Gasteiger partial charge on any atom is 0.411 e. The van der Waals surface area contributed by atoms with Crippen LogP contribution in [0.4, 0.5) is 16.2 Å². The summed E-state index contributed by atoms with van der Waals surface area (Å²) < 4.78 is 7.02. The molecule has 158 valence electrons.